The molecule has 0 radical (unpaired) electrons. The summed E-state index contributed by atoms with van der Waals surface area (Å²) in [6.07, 6.45) is 2.35. The van der Waals surface area contributed by atoms with Gasteiger partial charge in [0.2, 0.25) is 0 Å². The van der Waals surface area contributed by atoms with Crippen molar-refractivity contribution in [3.05, 3.63) is 120 Å². The van der Waals surface area contributed by atoms with E-state index in [2.05, 4.69) is 36.4 Å². The Bertz CT molecular complexity index is 657. The predicted octanol–water partition coefficient (Wildman–Crippen LogP) is 2.38. The predicted molar refractivity (Wildman–Crippen MR) is 98.6 cm³/mol. The fourth-order valence-corrected chi connectivity index (χ4v) is 3.05. The Hall–Kier alpha value is -2.04. The summed E-state index contributed by atoms with van der Waals surface area (Å²) in [4.78, 5) is 0. The second-order valence-corrected chi connectivity index (χ2v) is 5.65. The third kappa shape index (κ3) is 4.14. The summed E-state index contributed by atoms with van der Waals surface area (Å²) in [6, 6.07) is 31.1. The molecule has 0 saturated heterocycles. The van der Waals surface area contributed by atoms with Crippen molar-refractivity contribution in [3.8, 4) is 0 Å². The minimum absolute atomic E-state index is 0. The second kappa shape index (κ2) is 9.44. The molecule has 0 aliphatic heterocycles. The van der Waals surface area contributed by atoms with E-state index in [0.29, 0.717) is 13.0 Å². The maximum atomic E-state index is 6.52. The van der Waals surface area contributed by atoms with Crippen LogP contribution in [0, 0.1) is 6.58 Å². The van der Waals surface area contributed by atoms with Gasteiger partial charge in [0.15, 0.2) is 0 Å². The summed E-state index contributed by atoms with van der Waals surface area (Å²) in [7, 11) is 0. The van der Waals surface area contributed by atoms with Crippen LogP contribution < -0.4 is 18.9 Å². The van der Waals surface area contributed by atoms with Gasteiger partial charge in [0, 0.05) is 6.61 Å². The van der Waals surface area contributed by atoms with Crippen LogP contribution in [0.1, 0.15) is 23.1 Å². The fourth-order valence-electron chi connectivity index (χ4n) is 3.05. The van der Waals surface area contributed by atoms with Gasteiger partial charge in [-0.25, -0.2) is 0 Å². The quantitative estimate of drug-likeness (QED) is 0.281. The van der Waals surface area contributed by atoms with E-state index in [-0.39, 0.29) is 18.9 Å². The molecule has 0 aliphatic rings. The largest absolute Gasteiger partial charge is 1.00 e. The van der Waals surface area contributed by atoms with Gasteiger partial charge >= 0.3 is 18.9 Å². The first-order valence-corrected chi connectivity index (χ1v) is 8.22. The van der Waals surface area contributed by atoms with Crippen LogP contribution in [0.5, 0.6) is 0 Å². The van der Waals surface area contributed by atoms with Crippen LogP contribution in [0.3, 0.4) is 0 Å². The van der Waals surface area contributed by atoms with Gasteiger partial charge in [-0.2, -0.15) is 0 Å². The van der Waals surface area contributed by atoms with Crippen molar-refractivity contribution in [1.29, 1.82) is 0 Å². The van der Waals surface area contributed by atoms with Gasteiger partial charge in [0.05, 0.1) is 0 Å². The molecule has 0 spiro atoms. The molecule has 0 aromatic heterocycles. The van der Waals surface area contributed by atoms with Crippen molar-refractivity contribution in [2.45, 2.75) is 12.0 Å². The fraction of sp³-hybridized carbons (Fsp3) is 0.130. The molecule has 0 fully saturated rings. The van der Waals surface area contributed by atoms with Crippen LogP contribution in [-0.2, 0) is 10.3 Å². The molecule has 3 aromatic carbocycles. The van der Waals surface area contributed by atoms with E-state index >= 15 is 0 Å². The van der Waals surface area contributed by atoms with Crippen LogP contribution in [0.2, 0.25) is 0 Å². The maximum absolute atomic E-state index is 6.52. The van der Waals surface area contributed by atoms with E-state index in [1.807, 2.05) is 54.6 Å². The minimum atomic E-state index is -0.646. The Kier molecular flexibility index (Phi) is 7.28. The van der Waals surface area contributed by atoms with Crippen molar-refractivity contribution in [3.63, 3.8) is 0 Å². The van der Waals surface area contributed by atoms with Gasteiger partial charge in [-0.15, -0.1) is 0 Å². The SMILES string of the molecule is [CH-]=CCCOC(c1ccccc1)(c1ccccc1)c1ccccc1.[Li+]. The van der Waals surface area contributed by atoms with Crippen molar-refractivity contribution < 1.29 is 23.6 Å². The van der Waals surface area contributed by atoms with E-state index in [4.69, 9.17) is 11.3 Å². The van der Waals surface area contributed by atoms with Gasteiger partial charge in [-0.1, -0.05) is 91.0 Å². The smallest absolute Gasteiger partial charge is 0.518 e. The molecule has 1 nitrogen and oxygen atoms in total. The van der Waals surface area contributed by atoms with Crippen LogP contribution in [0.15, 0.2) is 97.1 Å². The normalized spacial score (nSPS) is 10.7. The Labute approximate surface area is 162 Å². The zero-order chi connectivity index (χ0) is 16.7. The molecule has 0 atom stereocenters. The van der Waals surface area contributed by atoms with Crippen LogP contribution in [0.4, 0.5) is 0 Å². The van der Waals surface area contributed by atoms with Gasteiger partial charge in [0.1, 0.15) is 5.60 Å². The van der Waals surface area contributed by atoms with Gasteiger partial charge in [0.25, 0.3) is 0 Å². The second-order valence-electron chi connectivity index (χ2n) is 5.65. The topological polar surface area (TPSA) is 9.23 Å². The van der Waals surface area contributed by atoms with Crippen molar-refractivity contribution >= 4 is 0 Å². The molecule has 3 aromatic rings. The standard InChI is InChI=1S/C23H21O.Li/c1-2-3-19-24-23(20-13-7-4-8-14-20,21-15-9-5-10-16-21)22-17-11-6-12-18-22;/h1-2,4-18H,3,19H2;/q-1;+1. The van der Waals surface area contributed by atoms with E-state index in [1.165, 1.54) is 0 Å². The summed E-state index contributed by atoms with van der Waals surface area (Å²) in [6.45, 7) is 6.12. The molecule has 0 bridgehead atoms. The minimum Gasteiger partial charge on any atom is -0.518 e. The maximum Gasteiger partial charge on any atom is 1.00 e. The van der Waals surface area contributed by atoms with Gasteiger partial charge < -0.3 is 11.3 Å². The monoisotopic (exact) mass is 320 g/mol. The Morgan fingerprint density at radius 1 is 0.680 bits per heavy atom. The van der Waals surface area contributed by atoms with Crippen LogP contribution >= 0.6 is 0 Å². The first-order chi connectivity index (χ1) is 11.9. The van der Waals surface area contributed by atoms with Gasteiger partial charge in [-0.3, -0.25) is 6.08 Å². The van der Waals surface area contributed by atoms with Crippen molar-refractivity contribution in [1.82, 2.24) is 0 Å². The summed E-state index contributed by atoms with van der Waals surface area (Å²) in [5, 5.41) is 0. The van der Waals surface area contributed by atoms with Crippen molar-refractivity contribution in [2.24, 2.45) is 0 Å². The van der Waals surface area contributed by atoms with E-state index in [9.17, 15) is 0 Å². The van der Waals surface area contributed by atoms with Crippen LogP contribution in [0.25, 0.3) is 0 Å². The zero-order valence-electron chi connectivity index (χ0n) is 14.6. The Morgan fingerprint density at radius 3 is 1.36 bits per heavy atom. The Morgan fingerprint density at radius 2 is 1.04 bits per heavy atom. The Balaban J connectivity index is 0.00000225. The third-order valence-corrected chi connectivity index (χ3v) is 4.14. The molecule has 120 valence electrons. The third-order valence-electron chi connectivity index (χ3n) is 4.14. The first kappa shape index (κ1) is 19.3. The molecule has 2 heteroatoms. The average Bonchev–Trinajstić information content (AvgIpc) is 2.68. The summed E-state index contributed by atoms with van der Waals surface area (Å²) >= 11 is 0. The molecular weight excluding hydrogens is 299 g/mol. The molecule has 0 amide bonds. The van der Waals surface area contributed by atoms with E-state index in [0.717, 1.165) is 16.7 Å². The zero-order valence-corrected chi connectivity index (χ0v) is 14.6. The first-order valence-electron chi connectivity index (χ1n) is 8.22. The molecule has 0 saturated carbocycles. The molecule has 0 aliphatic carbocycles. The van der Waals surface area contributed by atoms with Crippen LogP contribution in [-0.4, -0.2) is 6.61 Å². The number of ether oxygens (including phenoxy) is 1. The summed E-state index contributed by atoms with van der Waals surface area (Å²) < 4.78 is 6.52. The summed E-state index contributed by atoms with van der Waals surface area (Å²) in [5.74, 6) is 0. The molecule has 3 rings (SSSR count). The summed E-state index contributed by atoms with van der Waals surface area (Å²) in [5.41, 5.74) is 2.69. The number of hydrogen-bond donors (Lipinski definition) is 0. The molecule has 0 heterocycles. The molecule has 25 heavy (non-hydrogen) atoms. The molecule has 0 unspecified atom stereocenters. The van der Waals surface area contributed by atoms with E-state index in [1.54, 1.807) is 6.08 Å². The van der Waals surface area contributed by atoms with Gasteiger partial charge in [-0.05, 0) is 23.1 Å². The molecular formula is C23H21LiO. The number of benzene rings is 3. The molecule has 0 N–H and O–H groups in total. The average molecular weight is 320 g/mol. The number of hydrogen-bond acceptors (Lipinski definition) is 1. The van der Waals surface area contributed by atoms with Crippen molar-refractivity contribution in [2.75, 3.05) is 6.61 Å². The number of rotatable bonds is 7. The van der Waals surface area contributed by atoms with E-state index < -0.39 is 5.60 Å².